The van der Waals surface area contributed by atoms with E-state index in [-0.39, 0.29) is 10.8 Å². The molecular formula is C9H8ClF3O. The molecule has 1 rings (SSSR count). The second-order valence-electron chi connectivity index (χ2n) is 2.81. The molecule has 0 aliphatic carbocycles. The van der Waals surface area contributed by atoms with Crippen molar-refractivity contribution in [2.45, 2.75) is 13.1 Å². The zero-order chi connectivity index (χ0) is 10.9. The Morgan fingerprint density at radius 2 is 1.86 bits per heavy atom. The van der Waals surface area contributed by atoms with Crippen LogP contribution in [0.4, 0.5) is 13.2 Å². The van der Waals surface area contributed by atoms with Gasteiger partial charge >= 0.3 is 6.18 Å². The third-order valence-electron chi connectivity index (χ3n) is 1.76. The van der Waals surface area contributed by atoms with Crippen LogP contribution in [0.2, 0.25) is 5.02 Å². The lowest BCUT2D eigenvalue weighted by Gasteiger charge is -2.11. The van der Waals surface area contributed by atoms with E-state index < -0.39 is 11.7 Å². The topological polar surface area (TPSA) is 9.23 Å². The maximum Gasteiger partial charge on any atom is 0.416 e. The van der Waals surface area contributed by atoms with Gasteiger partial charge in [0, 0.05) is 0 Å². The molecule has 14 heavy (non-hydrogen) atoms. The van der Waals surface area contributed by atoms with Gasteiger partial charge in [0.15, 0.2) is 0 Å². The maximum atomic E-state index is 12.3. The third-order valence-corrected chi connectivity index (χ3v) is 2.04. The second-order valence-corrected chi connectivity index (χ2v) is 3.21. The second kappa shape index (κ2) is 3.69. The predicted octanol–water partition coefficient (Wildman–Crippen LogP) is 3.68. The molecule has 0 spiro atoms. The lowest BCUT2D eigenvalue weighted by atomic mass is 10.1. The first-order valence-electron chi connectivity index (χ1n) is 3.77. The van der Waals surface area contributed by atoms with Crippen LogP contribution in [-0.2, 0) is 6.18 Å². The monoisotopic (exact) mass is 224 g/mol. The van der Waals surface area contributed by atoms with Crippen LogP contribution < -0.4 is 4.74 Å². The van der Waals surface area contributed by atoms with E-state index in [2.05, 4.69) is 0 Å². The van der Waals surface area contributed by atoms with Crippen LogP contribution in [0.5, 0.6) is 5.75 Å². The summed E-state index contributed by atoms with van der Waals surface area (Å²) in [7, 11) is 1.36. The predicted molar refractivity (Wildman–Crippen MR) is 47.7 cm³/mol. The summed E-state index contributed by atoms with van der Waals surface area (Å²) in [6, 6.07) is 1.86. The van der Waals surface area contributed by atoms with E-state index in [1.807, 2.05) is 0 Å². The third kappa shape index (κ3) is 2.12. The largest absolute Gasteiger partial charge is 0.495 e. The highest BCUT2D eigenvalue weighted by Gasteiger charge is 2.31. The number of rotatable bonds is 1. The number of ether oxygens (including phenoxy) is 1. The molecule has 5 heteroatoms. The van der Waals surface area contributed by atoms with Crippen molar-refractivity contribution in [3.8, 4) is 5.75 Å². The number of methoxy groups -OCH3 is 1. The summed E-state index contributed by atoms with van der Waals surface area (Å²) in [6.45, 7) is 1.51. The Kier molecular flexibility index (Phi) is 2.95. The standard InChI is InChI=1S/C9H8ClF3O/c1-5-3-6(9(11,12)13)4-7(10)8(5)14-2/h3-4H,1-2H3. The molecule has 78 valence electrons. The lowest BCUT2D eigenvalue weighted by Crippen LogP contribution is -2.05. The van der Waals surface area contributed by atoms with E-state index in [4.69, 9.17) is 16.3 Å². The first-order valence-corrected chi connectivity index (χ1v) is 4.15. The van der Waals surface area contributed by atoms with Crippen molar-refractivity contribution in [3.05, 3.63) is 28.3 Å². The molecule has 1 aromatic rings. The fraction of sp³-hybridized carbons (Fsp3) is 0.333. The molecule has 0 saturated carbocycles. The summed E-state index contributed by atoms with van der Waals surface area (Å²) in [5.74, 6) is 0.277. The first-order chi connectivity index (χ1) is 6.36. The van der Waals surface area contributed by atoms with Crippen molar-refractivity contribution in [2.75, 3.05) is 7.11 Å². The number of halogens is 4. The SMILES string of the molecule is COc1c(C)cc(C(F)(F)F)cc1Cl. The highest BCUT2D eigenvalue weighted by molar-refractivity contribution is 6.32. The van der Waals surface area contributed by atoms with E-state index in [9.17, 15) is 13.2 Å². The van der Waals surface area contributed by atoms with Crippen molar-refractivity contribution >= 4 is 11.6 Å². The number of benzene rings is 1. The van der Waals surface area contributed by atoms with E-state index in [1.165, 1.54) is 14.0 Å². The molecule has 1 nitrogen and oxygen atoms in total. The Bertz CT molecular complexity index is 323. The molecule has 0 radical (unpaired) electrons. The fourth-order valence-electron chi connectivity index (χ4n) is 1.15. The Morgan fingerprint density at radius 3 is 2.21 bits per heavy atom. The summed E-state index contributed by atoms with van der Waals surface area (Å²) in [4.78, 5) is 0. The Hall–Kier alpha value is -0.900. The van der Waals surface area contributed by atoms with Crippen LogP contribution in [0.25, 0.3) is 0 Å². The molecule has 0 heterocycles. The highest BCUT2D eigenvalue weighted by atomic mass is 35.5. The molecule has 0 N–H and O–H groups in total. The van der Waals surface area contributed by atoms with Gasteiger partial charge in [-0.05, 0) is 24.6 Å². The van der Waals surface area contributed by atoms with Gasteiger partial charge in [-0.1, -0.05) is 11.6 Å². The van der Waals surface area contributed by atoms with E-state index >= 15 is 0 Å². The van der Waals surface area contributed by atoms with Crippen molar-refractivity contribution < 1.29 is 17.9 Å². The van der Waals surface area contributed by atoms with Gasteiger partial charge in [-0.15, -0.1) is 0 Å². The van der Waals surface area contributed by atoms with Crippen LogP contribution >= 0.6 is 11.6 Å². The van der Waals surface area contributed by atoms with Gasteiger partial charge in [0.1, 0.15) is 5.75 Å². The van der Waals surface area contributed by atoms with E-state index in [1.54, 1.807) is 0 Å². The van der Waals surface area contributed by atoms with Gasteiger partial charge in [0.25, 0.3) is 0 Å². The summed E-state index contributed by atoms with van der Waals surface area (Å²) in [5.41, 5.74) is -0.395. The lowest BCUT2D eigenvalue weighted by molar-refractivity contribution is -0.137. The molecule has 0 unspecified atom stereocenters. The summed E-state index contributed by atoms with van der Waals surface area (Å²) in [5, 5.41) is -0.0279. The molecule has 0 amide bonds. The minimum absolute atomic E-state index is 0.0279. The average molecular weight is 225 g/mol. The normalized spacial score (nSPS) is 11.6. The van der Waals surface area contributed by atoms with Gasteiger partial charge in [0.05, 0.1) is 17.7 Å². The highest BCUT2D eigenvalue weighted by Crippen LogP contribution is 2.36. The Balaban J connectivity index is 3.28. The minimum atomic E-state index is -4.37. The van der Waals surface area contributed by atoms with Crippen LogP contribution in [-0.4, -0.2) is 7.11 Å². The number of alkyl halides is 3. The average Bonchev–Trinajstić information content (AvgIpc) is 2.01. The number of aryl methyl sites for hydroxylation is 1. The Labute approximate surface area is 84.4 Å². The molecule has 0 saturated heterocycles. The van der Waals surface area contributed by atoms with Crippen LogP contribution in [0.3, 0.4) is 0 Å². The fourth-order valence-corrected chi connectivity index (χ4v) is 1.50. The van der Waals surface area contributed by atoms with Crippen molar-refractivity contribution in [3.63, 3.8) is 0 Å². The molecule has 1 aromatic carbocycles. The summed E-state index contributed by atoms with van der Waals surface area (Å²) in [6.07, 6.45) is -4.37. The maximum absolute atomic E-state index is 12.3. The quantitative estimate of drug-likeness (QED) is 0.707. The smallest absolute Gasteiger partial charge is 0.416 e. The van der Waals surface area contributed by atoms with Crippen LogP contribution in [0, 0.1) is 6.92 Å². The number of hydrogen-bond donors (Lipinski definition) is 0. The van der Waals surface area contributed by atoms with Crippen molar-refractivity contribution in [1.29, 1.82) is 0 Å². The molecule has 0 atom stereocenters. The molecule has 0 bridgehead atoms. The molecule has 0 aliphatic rings. The van der Waals surface area contributed by atoms with Crippen molar-refractivity contribution in [1.82, 2.24) is 0 Å². The summed E-state index contributed by atoms with van der Waals surface area (Å²) < 4.78 is 41.7. The van der Waals surface area contributed by atoms with Crippen molar-refractivity contribution in [2.24, 2.45) is 0 Å². The van der Waals surface area contributed by atoms with Crippen LogP contribution in [0.15, 0.2) is 12.1 Å². The summed E-state index contributed by atoms with van der Waals surface area (Å²) >= 11 is 5.62. The zero-order valence-corrected chi connectivity index (χ0v) is 8.33. The van der Waals surface area contributed by atoms with Gasteiger partial charge < -0.3 is 4.74 Å². The molecule has 0 aromatic heterocycles. The Morgan fingerprint density at radius 1 is 1.29 bits per heavy atom. The molecular weight excluding hydrogens is 217 g/mol. The minimum Gasteiger partial charge on any atom is -0.495 e. The van der Waals surface area contributed by atoms with E-state index in [0.717, 1.165) is 12.1 Å². The first kappa shape index (κ1) is 11.2. The zero-order valence-electron chi connectivity index (χ0n) is 7.57. The van der Waals surface area contributed by atoms with Gasteiger partial charge in [-0.25, -0.2) is 0 Å². The van der Waals surface area contributed by atoms with Gasteiger partial charge in [-0.3, -0.25) is 0 Å². The number of hydrogen-bond acceptors (Lipinski definition) is 1. The molecule has 0 fully saturated rings. The van der Waals surface area contributed by atoms with Gasteiger partial charge in [0.2, 0.25) is 0 Å². The van der Waals surface area contributed by atoms with Crippen LogP contribution in [0.1, 0.15) is 11.1 Å². The molecule has 0 aliphatic heterocycles. The van der Waals surface area contributed by atoms with E-state index in [0.29, 0.717) is 5.56 Å². The van der Waals surface area contributed by atoms with Gasteiger partial charge in [-0.2, -0.15) is 13.2 Å².